The van der Waals surface area contributed by atoms with Gasteiger partial charge in [-0.3, -0.25) is 19.8 Å². The van der Waals surface area contributed by atoms with Gasteiger partial charge in [-0.2, -0.15) is 5.10 Å². The summed E-state index contributed by atoms with van der Waals surface area (Å²) in [4.78, 5) is 27.1. The maximum atomic E-state index is 11.6. The van der Waals surface area contributed by atoms with E-state index in [-0.39, 0.29) is 17.7 Å². The average molecular weight is 283 g/mol. The van der Waals surface area contributed by atoms with Crippen LogP contribution in [0.3, 0.4) is 0 Å². The fourth-order valence-electron chi connectivity index (χ4n) is 1.99. The van der Waals surface area contributed by atoms with Crippen LogP contribution < -0.4 is 11.1 Å². The number of nitrogens with zero attached hydrogens (tertiary/aromatic N) is 3. The first-order valence-electron chi connectivity index (χ1n) is 6.45. The van der Waals surface area contributed by atoms with Gasteiger partial charge >= 0.3 is 0 Å². The number of H-pyrrole nitrogens is 2. The van der Waals surface area contributed by atoms with Gasteiger partial charge in [0, 0.05) is 18.6 Å². The summed E-state index contributed by atoms with van der Waals surface area (Å²) >= 11 is 0. The predicted molar refractivity (Wildman–Crippen MR) is 76.1 cm³/mol. The van der Waals surface area contributed by atoms with Crippen LogP contribution in [0, 0.1) is 0 Å². The molecule has 0 saturated heterocycles. The number of hydrogen-bond acceptors (Lipinski definition) is 4. The van der Waals surface area contributed by atoms with Crippen molar-refractivity contribution in [2.45, 2.75) is 13.0 Å². The molecule has 21 heavy (non-hydrogen) atoms. The molecule has 3 rings (SSSR count). The maximum absolute atomic E-state index is 11.6. The van der Waals surface area contributed by atoms with Crippen molar-refractivity contribution in [3.05, 3.63) is 80.4 Å². The van der Waals surface area contributed by atoms with Crippen molar-refractivity contribution in [1.82, 2.24) is 25.0 Å². The van der Waals surface area contributed by atoms with E-state index in [9.17, 15) is 9.59 Å². The van der Waals surface area contributed by atoms with E-state index < -0.39 is 0 Å². The normalized spacial score (nSPS) is 10.7. The first kappa shape index (κ1) is 13.0. The van der Waals surface area contributed by atoms with Gasteiger partial charge in [0.2, 0.25) is 0 Å². The summed E-state index contributed by atoms with van der Waals surface area (Å²) in [5.41, 5.74) is 0.475. The van der Waals surface area contributed by atoms with Crippen molar-refractivity contribution in [2.24, 2.45) is 0 Å². The molecule has 0 saturated carbocycles. The fraction of sp³-hybridized carbons (Fsp3) is 0.143. The van der Waals surface area contributed by atoms with Crippen LogP contribution in [-0.2, 0) is 13.0 Å². The number of aromatic amines is 2. The van der Waals surface area contributed by atoms with Gasteiger partial charge in [0.15, 0.2) is 5.82 Å². The summed E-state index contributed by atoms with van der Waals surface area (Å²) in [5.74, 6) is 1.16. The van der Waals surface area contributed by atoms with Crippen molar-refractivity contribution in [1.29, 1.82) is 0 Å². The minimum absolute atomic E-state index is 0.150. The zero-order valence-electron chi connectivity index (χ0n) is 11.1. The Kier molecular flexibility index (Phi) is 3.46. The minimum atomic E-state index is -0.335. The monoisotopic (exact) mass is 283 g/mol. The highest BCUT2D eigenvalue weighted by Crippen LogP contribution is 2.05. The molecular formula is C14H13N5O2. The Morgan fingerprint density at radius 3 is 2.67 bits per heavy atom. The lowest BCUT2D eigenvalue weighted by Crippen LogP contribution is -2.28. The molecule has 7 heteroatoms. The molecule has 1 aromatic carbocycles. The van der Waals surface area contributed by atoms with Crippen LogP contribution in [0.25, 0.3) is 0 Å². The molecule has 0 aliphatic carbocycles. The molecule has 0 spiro atoms. The Labute approximate surface area is 119 Å². The highest BCUT2D eigenvalue weighted by molar-refractivity contribution is 5.18. The van der Waals surface area contributed by atoms with E-state index in [2.05, 4.69) is 20.3 Å². The Hall–Kier alpha value is -2.96. The van der Waals surface area contributed by atoms with E-state index in [1.165, 1.54) is 16.8 Å². The van der Waals surface area contributed by atoms with Gasteiger partial charge in [-0.15, -0.1) is 0 Å². The molecule has 2 heterocycles. The van der Waals surface area contributed by atoms with Gasteiger partial charge in [0.1, 0.15) is 12.4 Å². The van der Waals surface area contributed by atoms with Crippen molar-refractivity contribution in [3.63, 3.8) is 0 Å². The maximum Gasteiger partial charge on any atom is 0.265 e. The van der Waals surface area contributed by atoms with Crippen molar-refractivity contribution >= 4 is 0 Å². The Bertz CT molecular complexity index is 847. The van der Waals surface area contributed by atoms with E-state index in [0.29, 0.717) is 18.1 Å². The smallest absolute Gasteiger partial charge is 0.265 e. The minimum Gasteiger partial charge on any atom is -0.268 e. The average Bonchev–Trinajstić information content (AvgIpc) is 2.91. The second-order valence-electron chi connectivity index (χ2n) is 4.59. The quantitative estimate of drug-likeness (QED) is 0.719. The molecule has 0 aliphatic rings. The summed E-state index contributed by atoms with van der Waals surface area (Å²) in [6.45, 7) is 0.150. The lowest BCUT2D eigenvalue weighted by Gasteiger charge is -2.00. The second kappa shape index (κ2) is 5.58. The van der Waals surface area contributed by atoms with Gasteiger partial charge in [0.05, 0.1) is 0 Å². The number of nitrogens with one attached hydrogen (secondary N) is 2. The van der Waals surface area contributed by atoms with Crippen LogP contribution in [-0.4, -0.2) is 25.0 Å². The molecule has 2 N–H and O–H groups in total. The van der Waals surface area contributed by atoms with Gasteiger partial charge in [-0.1, -0.05) is 30.3 Å². The molecular weight excluding hydrogens is 270 g/mol. The van der Waals surface area contributed by atoms with E-state index in [1.54, 1.807) is 0 Å². The lowest BCUT2D eigenvalue weighted by atomic mass is 10.1. The molecule has 106 valence electrons. The van der Waals surface area contributed by atoms with Crippen LogP contribution in [0.4, 0.5) is 0 Å². The zero-order valence-corrected chi connectivity index (χ0v) is 11.1. The van der Waals surface area contributed by atoms with Crippen LogP contribution in [0.1, 0.15) is 17.2 Å². The Morgan fingerprint density at radius 2 is 1.86 bits per heavy atom. The topological polar surface area (TPSA) is 96.4 Å². The molecule has 7 nitrogen and oxygen atoms in total. The van der Waals surface area contributed by atoms with Crippen LogP contribution in [0.2, 0.25) is 0 Å². The molecule has 0 unspecified atom stereocenters. The zero-order chi connectivity index (χ0) is 14.7. The molecule has 2 aromatic heterocycles. The largest absolute Gasteiger partial charge is 0.268 e. The summed E-state index contributed by atoms with van der Waals surface area (Å²) in [5, 5.41) is 9.34. The van der Waals surface area contributed by atoms with Gasteiger partial charge in [0.25, 0.3) is 11.1 Å². The molecule has 0 atom stereocenters. The molecule has 3 aromatic rings. The highest BCUT2D eigenvalue weighted by atomic mass is 16.1. The van der Waals surface area contributed by atoms with Crippen molar-refractivity contribution < 1.29 is 0 Å². The van der Waals surface area contributed by atoms with Gasteiger partial charge < -0.3 is 0 Å². The predicted octanol–water partition coefficient (Wildman–Crippen LogP) is 0.294. The number of benzene rings is 1. The van der Waals surface area contributed by atoms with Crippen LogP contribution >= 0.6 is 0 Å². The third-order valence-electron chi connectivity index (χ3n) is 2.98. The van der Waals surface area contributed by atoms with Crippen LogP contribution in [0.15, 0.2) is 52.1 Å². The molecule has 0 aliphatic heterocycles. The van der Waals surface area contributed by atoms with Crippen molar-refractivity contribution in [2.75, 3.05) is 0 Å². The third kappa shape index (κ3) is 3.14. The summed E-state index contributed by atoms with van der Waals surface area (Å²) in [7, 11) is 0. The highest BCUT2D eigenvalue weighted by Gasteiger charge is 2.06. The van der Waals surface area contributed by atoms with Gasteiger partial charge in [-0.25, -0.2) is 9.67 Å². The summed E-state index contributed by atoms with van der Waals surface area (Å²) in [6, 6.07) is 12.3. The summed E-state index contributed by atoms with van der Waals surface area (Å²) in [6.07, 6.45) is 0.609. The first-order valence-corrected chi connectivity index (χ1v) is 6.45. The number of hydrogen-bond donors (Lipinski definition) is 2. The van der Waals surface area contributed by atoms with E-state index in [0.717, 1.165) is 5.56 Å². The molecule has 0 bridgehead atoms. The number of rotatable bonds is 4. The SMILES string of the molecule is O=c1ccc(=O)n(Cc2nc(Cc3ccccc3)n[nH]2)[nH]1. The Morgan fingerprint density at radius 1 is 1.05 bits per heavy atom. The van der Waals surface area contributed by atoms with Gasteiger partial charge in [-0.05, 0) is 5.56 Å². The Balaban J connectivity index is 1.78. The van der Waals surface area contributed by atoms with E-state index >= 15 is 0 Å². The number of aromatic nitrogens is 5. The molecule has 0 radical (unpaired) electrons. The standard InChI is InChI=1S/C14H13N5O2/c20-13-6-7-14(21)19(18-13)9-12-15-11(16-17-12)8-10-4-2-1-3-5-10/h1-7H,8-9H2,(H,18,20)(H,15,16,17). The van der Waals surface area contributed by atoms with Crippen molar-refractivity contribution in [3.8, 4) is 0 Å². The second-order valence-corrected chi connectivity index (χ2v) is 4.59. The van der Waals surface area contributed by atoms with Crippen LogP contribution in [0.5, 0.6) is 0 Å². The molecule has 0 amide bonds. The lowest BCUT2D eigenvalue weighted by molar-refractivity contribution is 0.606. The third-order valence-corrected chi connectivity index (χ3v) is 2.98. The molecule has 0 fully saturated rings. The van der Waals surface area contributed by atoms with E-state index in [4.69, 9.17) is 0 Å². The first-order chi connectivity index (χ1) is 10.2. The fourth-order valence-corrected chi connectivity index (χ4v) is 1.99. The van der Waals surface area contributed by atoms with E-state index in [1.807, 2.05) is 30.3 Å². The summed E-state index contributed by atoms with van der Waals surface area (Å²) < 4.78 is 1.19.